The third kappa shape index (κ3) is 20.9. The first-order chi connectivity index (χ1) is 36.3. The number of hydrogen-bond donors (Lipinski definition) is 23. The van der Waals surface area contributed by atoms with Crippen molar-refractivity contribution in [2.24, 2.45) is 88.8 Å². The zero-order valence-electron chi connectivity index (χ0n) is 42.7. The monoisotopic (exact) mass is 1110 g/mol. The van der Waals surface area contributed by atoms with Crippen LogP contribution in [0.1, 0.15) is 57.8 Å². The Morgan fingerprint density at radius 2 is 0.844 bits per heavy atom. The molecule has 3 fully saturated rings. The molecule has 0 spiro atoms. The van der Waals surface area contributed by atoms with Gasteiger partial charge in [0.1, 0.15) is 61.0 Å². The van der Waals surface area contributed by atoms with Crippen molar-refractivity contribution in [1.82, 2.24) is 21.3 Å². The van der Waals surface area contributed by atoms with Crippen LogP contribution in [-0.2, 0) is 38.1 Å². The van der Waals surface area contributed by atoms with Gasteiger partial charge in [-0.2, -0.15) is 0 Å². The van der Waals surface area contributed by atoms with Crippen molar-refractivity contribution in [2.45, 2.75) is 174 Å². The highest BCUT2D eigenvalue weighted by atomic mass is 16.7. The summed E-state index contributed by atoms with van der Waals surface area (Å²) in [7, 11) is 0. The van der Waals surface area contributed by atoms with Gasteiger partial charge in [-0.15, -0.1) is 0 Å². The van der Waals surface area contributed by atoms with E-state index in [1.165, 1.54) is 0 Å². The first kappa shape index (κ1) is 65.6. The number of rotatable bonds is 30. The number of nitrogens with one attached hydrogen (secondary N) is 4. The van der Waals surface area contributed by atoms with Crippen LogP contribution in [0.5, 0.6) is 0 Å². The zero-order chi connectivity index (χ0) is 57.7. The van der Waals surface area contributed by atoms with Crippen molar-refractivity contribution in [3.05, 3.63) is 0 Å². The molecule has 3 aliphatic rings. The van der Waals surface area contributed by atoms with E-state index in [-0.39, 0.29) is 95.0 Å². The zero-order valence-corrected chi connectivity index (χ0v) is 42.7. The average molecular weight is 1110 g/mol. The average Bonchev–Trinajstić information content (AvgIpc) is 3.37. The number of aliphatic hydroxyl groups is 7. The van der Waals surface area contributed by atoms with E-state index in [2.05, 4.69) is 41.2 Å². The number of amides is 4. The van der Waals surface area contributed by atoms with Crippen molar-refractivity contribution >= 4 is 47.5 Å². The van der Waals surface area contributed by atoms with Gasteiger partial charge >= 0.3 is 0 Å². The maximum Gasteiger partial charge on any atom is 0.237 e. The van der Waals surface area contributed by atoms with Crippen molar-refractivity contribution < 1.29 is 73.9 Å². The highest BCUT2D eigenvalue weighted by Gasteiger charge is 2.54. The normalized spacial score (nSPS) is 30.7. The van der Waals surface area contributed by atoms with E-state index in [9.17, 15) is 54.9 Å². The number of hydrogen-bond acceptors (Lipinski definition) is 23. The molecule has 2 aliphatic heterocycles. The Morgan fingerprint density at radius 1 is 0.481 bits per heavy atom. The fourth-order valence-electron chi connectivity index (χ4n) is 8.50. The number of carbonyl (C=O) groups excluding carboxylic acids is 4. The maximum atomic E-state index is 13.9. The molecule has 442 valence electrons. The lowest BCUT2D eigenvalue weighted by Gasteiger charge is -2.50. The summed E-state index contributed by atoms with van der Waals surface area (Å²) in [5.41, 5.74) is 67.8. The number of nitrogens with zero attached hydrogens (tertiary/aromatic N) is 4. The van der Waals surface area contributed by atoms with Gasteiger partial charge in [0, 0.05) is 32.7 Å². The molecule has 6 unspecified atom stereocenters. The Morgan fingerprint density at radius 3 is 1.23 bits per heavy atom. The molecular formula is C42H84N20O15. The minimum Gasteiger partial charge on any atom is -0.394 e. The third-order valence-corrected chi connectivity index (χ3v) is 12.8. The molecule has 1 saturated carbocycles. The second-order valence-corrected chi connectivity index (χ2v) is 18.9. The van der Waals surface area contributed by atoms with Crippen LogP contribution in [0.15, 0.2) is 20.0 Å². The second kappa shape index (κ2) is 32.3. The van der Waals surface area contributed by atoms with Gasteiger partial charge in [0.05, 0.1) is 48.9 Å². The molecule has 77 heavy (non-hydrogen) atoms. The molecule has 0 radical (unpaired) electrons. The van der Waals surface area contributed by atoms with Crippen LogP contribution in [0.3, 0.4) is 0 Å². The summed E-state index contributed by atoms with van der Waals surface area (Å²) in [6.07, 6.45) is -21.6. The van der Waals surface area contributed by atoms with Crippen LogP contribution in [0.4, 0.5) is 0 Å². The van der Waals surface area contributed by atoms with E-state index in [4.69, 9.17) is 87.8 Å². The number of aliphatic hydroxyl groups excluding tert-OH is 7. The lowest BCUT2D eigenvalue weighted by Crippen LogP contribution is -2.71. The van der Waals surface area contributed by atoms with Crippen molar-refractivity contribution in [3.63, 3.8) is 0 Å². The van der Waals surface area contributed by atoms with Crippen molar-refractivity contribution in [2.75, 3.05) is 39.3 Å². The van der Waals surface area contributed by atoms with Crippen LogP contribution in [0, 0.1) is 0 Å². The molecule has 4 amide bonds. The Balaban J connectivity index is 2.06. The third-order valence-electron chi connectivity index (χ3n) is 12.8. The van der Waals surface area contributed by atoms with E-state index in [1.54, 1.807) is 0 Å². The van der Waals surface area contributed by atoms with Crippen LogP contribution in [-0.4, -0.2) is 238 Å². The lowest BCUT2D eigenvalue weighted by atomic mass is 9.82. The summed E-state index contributed by atoms with van der Waals surface area (Å²) in [5.74, 6) is -3.92. The van der Waals surface area contributed by atoms with Gasteiger partial charge in [0.15, 0.2) is 36.4 Å². The van der Waals surface area contributed by atoms with Gasteiger partial charge in [-0.1, -0.05) is 0 Å². The van der Waals surface area contributed by atoms with Gasteiger partial charge in [-0.05, 0) is 57.8 Å². The highest BCUT2D eigenvalue weighted by molar-refractivity contribution is 5.83. The second-order valence-electron chi connectivity index (χ2n) is 18.9. The highest BCUT2D eigenvalue weighted by Crippen LogP contribution is 2.33. The molecule has 35 N–H and O–H groups in total. The van der Waals surface area contributed by atoms with Crippen LogP contribution in [0.25, 0.3) is 0 Å². The quantitative estimate of drug-likeness (QED) is 0.0180. The molecule has 0 aromatic rings. The standard InChI is InChI=1S/C42H84N20O15/c43-16(5-1-9-55-39(47)48)33(70)59-14-22-26(65)28(67)29(68)38(74-22)77-32-21(61-35(72)18(45)7-3-11-57-41(51)52)13-20(60-34(71)17(44)6-2-10-56-40(49)50)31(30(32)69)76-37-27(66)24(25(64)23(15-63)75-37)62-36(73)19(46)8-4-12-58-42(53)54/h16-32,37-38,63-69H,1-15,43-46H2,(H,59,70)(H,60,71)(H,61,72)(H,62,73)(H4,47,48,55)(H4,49,50,56)(H4,51,52,57)(H4,53,54,58)/t16?,17?,18?,19?,20-,21+,22-,23+,24-,25+,26-,27+,28+,29-,30?,31+,32-,37?,38-/m0/s1. The molecule has 19 atom stereocenters. The largest absolute Gasteiger partial charge is 0.394 e. The van der Waals surface area contributed by atoms with E-state index in [1.807, 2.05) is 0 Å². The fraction of sp³-hybridized carbons (Fsp3) is 0.810. The van der Waals surface area contributed by atoms with Crippen LogP contribution in [0.2, 0.25) is 0 Å². The van der Waals surface area contributed by atoms with Gasteiger partial charge in [-0.3, -0.25) is 39.1 Å². The molecule has 2 heterocycles. The maximum absolute atomic E-state index is 13.9. The minimum absolute atomic E-state index is 0.0282. The summed E-state index contributed by atoms with van der Waals surface area (Å²) in [5, 5.41) is 89.5. The van der Waals surface area contributed by atoms with Gasteiger partial charge in [0.2, 0.25) is 23.6 Å². The van der Waals surface area contributed by atoms with Crippen LogP contribution < -0.4 is 90.1 Å². The summed E-state index contributed by atoms with van der Waals surface area (Å²) >= 11 is 0. The Hall–Kier alpha value is -5.64. The molecule has 35 heteroatoms. The number of guanidine groups is 4. The summed E-state index contributed by atoms with van der Waals surface area (Å²) in [6, 6.07) is -9.28. The Bertz CT molecular complexity index is 1980. The number of carbonyl (C=O) groups is 4. The van der Waals surface area contributed by atoms with Crippen molar-refractivity contribution in [3.8, 4) is 0 Å². The molecule has 0 aromatic carbocycles. The van der Waals surface area contributed by atoms with E-state index >= 15 is 0 Å². The van der Waals surface area contributed by atoms with Gasteiger partial charge in [0.25, 0.3) is 0 Å². The lowest BCUT2D eigenvalue weighted by molar-refractivity contribution is -0.334. The first-order valence-electron chi connectivity index (χ1n) is 25.0. The molecule has 0 aromatic heterocycles. The molecule has 35 nitrogen and oxygen atoms in total. The summed E-state index contributed by atoms with van der Waals surface area (Å²) in [6.45, 7) is -0.880. The predicted octanol–water partition coefficient (Wildman–Crippen LogP) is -13.1. The summed E-state index contributed by atoms with van der Waals surface area (Å²) in [4.78, 5) is 69.4. The molecule has 0 bridgehead atoms. The van der Waals surface area contributed by atoms with Crippen molar-refractivity contribution in [1.29, 1.82) is 0 Å². The smallest absolute Gasteiger partial charge is 0.237 e. The fourth-order valence-corrected chi connectivity index (χ4v) is 8.50. The Kier molecular flexibility index (Phi) is 27.5. The topological polar surface area (TPSA) is 657 Å². The molecular weight excluding hydrogens is 1020 g/mol. The SMILES string of the molecule is NC(N)=NCCCC(N)C(=O)NC[C@@H]1O[C@@H](O[C@@H]2C(O)[C@H](OC3O[C@H](CO)[C@@H](O)[C@H](NC(=O)C(N)CCCN=C(N)N)[C@H]3O)[C@@H](NC(=O)C(N)CCCN=C(N)N)C[C@H]2NC(=O)C(N)CCCN=C(N)N)[C@@H](O)[C@H](O)[C@H]1O. The predicted molar refractivity (Wildman–Crippen MR) is 275 cm³/mol. The van der Waals surface area contributed by atoms with Crippen LogP contribution >= 0.6 is 0 Å². The molecule has 3 rings (SSSR count). The minimum atomic E-state index is -2.10. The first-order valence-corrected chi connectivity index (χ1v) is 25.0. The summed E-state index contributed by atoms with van der Waals surface area (Å²) < 4.78 is 24.2. The number of nitrogens with two attached hydrogens (primary N) is 12. The molecule has 1 aliphatic carbocycles. The number of aliphatic imine (C=N–C) groups is 4. The van der Waals surface area contributed by atoms with E-state index in [0.717, 1.165) is 0 Å². The Labute approximate surface area is 443 Å². The van der Waals surface area contributed by atoms with E-state index < -0.39 is 159 Å². The van der Waals surface area contributed by atoms with Gasteiger partial charge in [-0.25, -0.2) is 0 Å². The number of ether oxygens (including phenoxy) is 4. The van der Waals surface area contributed by atoms with Gasteiger partial charge < -0.3 is 145 Å². The van der Waals surface area contributed by atoms with E-state index in [0.29, 0.717) is 6.42 Å². The molecule has 2 saturated heterocycles.